The third-order valence-corrected chi connectivity index (χ3v) is 2.07. The van der Waals surface area contributed by atoms with Crippen molar-refractivity contribution in [3.05, 3.63) is 29.3 Å². The van der Waals surface area contributed by atoms with E-state index < -0.39 is 22.3 Å². The van der Waals surface area contributed by atoms with Crippen LogP contribution >= 0.6 is 23.2 Å². The normalized spacial score (nSPS) is 10.5. The lowest BCUT2D eigenvalue weighted by Crippen LogP contribution is -2.11. The van der Waals surface area contributed by atoms with Crippen LogP contribution in [0.25, 0.3) is 0 Å². The topological polar surface area (TPSA) is 26.3 Å². The molecule has 0 amide bonds. The van der Waals surface area contributed by atoms with Crippen LogP contribution in [0.3, 0.4) is 0 Å². The molecule has 0 fully saturated rings. The van der Waals surface area contributed by atoms with Crippen LogP contribution in [-0.2, 0) is 0 Å². The highest BCUT2D eigenvalue weighted by atomic mass is 35.5. The number of benzene rings is 1. The second-order valence-corrected chi connectivity index (χ2v) is 3.73. The van der Waals surface area contributed by atoms with Crippen LogP contribution in [-0.4, -0.2) is 17.7 Å². The van der Waals surface area contributed by atoms with E-state index >= 15 is 0 Å². The largest absolute Gasteiger partial charge is 0.493 e. The molecular weight excluding hydrogens is 249 g/mol. The van der Waals surface area contributed by atoms with E-state index in [1.54, 1.807) is 0 Å². The number of alkyl halides is 2. The maximum Gasteiger partial charge on any atom is 0.199 e. The zero-order valence-electron chi connectivity index (χ0n) is 7.56. The molecule has 0 unspecified atom stereocenters. The second kappa shape index (κ2) is 4.77. The van der Waals surface area contributed by atoms with Crippen molar-refractivity contribution in [2.24, 2.45) is 0 Å². The minimum Gasteiger partial charge on any atom is -0.493 e. The summed E-state index contributed by atoms with van der Waals surface area (Å²) >= 11 is 10.6. The molecule has 2 nitrogen and oxygen atoms in total. The van der Waals surface area contributed by atoms with Gasteiger partial charge in [0, 0.05) is 6.07 Å². The minimum absolute atomic E-state index is 0.315. The zero-order chi connectivity index (χ0) is 11.6. The lowest BCUT2D eigenvalue weighted by Gasteiger charge is -2.08. The standard InChI is InChI=1S/C9H6Cl2F2O2/c1-15-8-5(7(14)9(10)11)2-4(12)3-6(8)13/h2-3,9H,1H3. The molecule has 0 bridgehead atoms. The van der Waals surface area contributed by atoms with Gasteiger partial charge in [0.1, 0.15) is 5.82 Å². The minimum atomic E-state index is -1.39. The van der Waals surface area contributed by atoms with Gasteiger partial charge in [0.2, 0.25) is 0 Å². The third kappa shape index (κ3) is 2.58. The van der Waals surface area contributed by atoms with Gasteiger partial charge in [-0.25, -0.2) is 8.78 Å². The van der Waals surface area contributed by atoms with E-state index in [2.05, 4.69) is 4.74 Å². The van der Waals surface area contributed by atoms with Gasteiger partial charge in [-0.1, -0.05) is 23.2 Å². The highest BCUT2D eigenvalue weighted by Gasteiger charge is 2.22. The van der Waals surface area contributed by atoms with Gasteiger partial charge in [-0.2, -0.15) is 0 Å². The van der Waals surface area contributed by atoms with Crippen molar-refractivity contribution < 1.29 is 18.3 Å². The smallest absolute Gasteiger partial charge is 0.199 e. The number of ketones is 1. The first-order chi connectivity index (χ1) is 6.97. The molecule has 1 aromatic rings. The average Bonchev–Trinajstić information content (AvgIpc) is 2.15. The van der Waals surface area contributed by atoms with Crippen LogP contribution in [0.15, 0.2) is 12.1 Å². The lowest BCUT2D eigenvalue weighted by atomic mass is 10.1. The maximum atomic E-state index is 13.1. The number of rotatable bonds is 3. The maximum absolute atomic E-state index is 13.1. The molecule has 1 aromatic carbocycles. The van der Waals surface area contributed by atoms with Gasteiger partial charge in [0.25, 0.3) is 0 Å². The Morgan fingerprint density at radius 3 is 2.47 bits per heavy atom. The molecule has 0 aliphatic rings. The average molecular weight is 255 g/mol. The van der Waals surface area contributed by atoms with Crippen molar-refractivity contribution >= 4 is 29.0 Å². The van der Waals surface area contributed by atoms with Crippen molar-refractivity contribution in [2.75, 3.05) is 7.11 Å². The van der Waals surface area contributed by atoms with Crippen LogP contribution in [0.1, 0.15) is 10.4 Å². The molecular formula is C9H6Cl2F2O2. The quantitative estimate of drug-likeness (QED) is 0.613. The summed E-state index contributed by atoms with van der Waals surface area (Å²) in [5.41, 5.74) is -0.315. The first-order valence-electron chi connectivity index (χ1n) is 3.82. The Hall–Kier alpha value is -0.870. The molecule has 15 heavy (non-hydrogen) atoms. The third-order valence-electron chi connectivity index (χ3n) is 1.68. The molecule has 0 saturated heterocycles. The molecule has 1 rings (SSSR count). The molecule has 0 saturated carbocycles. The Morgan fingerprint density at radius 2 is 2.00 bits per heavy atom. The summed E-state index contributed by atoms with van der Waals surface area (Å²) in [6.07, 6.45) is 0. The van der Waals surface area contributed by atoms with E-state index in [0.29, 0.717) is 6.07 Å². The molecule has 0 heterocycles. The summed E-state index contributed by atoms with van der Waals surface area (Å²) < 4.78 is 30.6. The number of carbonyl (C=O) groups excluding carboxylic acids is 1. The number of methoxy groups -OCH3 is 1. The molecule has 0 aliphatic heterocycles. The van der Waals surface area contributed by atoms with Crippen molar-refractivity contribution in [1.29, 1.82) is 0 Å². The monoisotopic (exact) mass is 254 g/mol. The van der Waals surface area contributed by atoms with Crippen molar-refractivity contribution in [1.82, 2.24) is 0 Å². The summed E-state index contributed by atoms with van der Waals surface area (Å²) in [7, 11) is 1.16. The van der Waals surface area contributed by atoms with E-state index in [9.17, 15) is 13.6 Å². The Kier molecular flexibility index (Phi) is 3.88. The lowest BCUT2D eigenvalue weighted by molar-refractivity contribution is 0.100. The van der Waals surface area contributed by atoms with E-state index in [1.165, 1.54) is 0 Å². The van der Waals surface area contributed by atoms with Gasteiger partial charge >= 0.3 is 0 Å². The summed E-state index contributed by atoms with van der Waals surface area (Å²) in [5.74, 6) is -3.05. The van der Waals surface area contributed by atoms with Crippen molar-refractivity contribution in [2.45, 2.75) is 4.84 Å². The van der Waals surface area contributed by atoms with Crippen LogP contribution < -0.4 is 4.74 Å². The molecule has 6 heteroatoms. The number of ether oxygens (including phenoxy) is 1. The van der Waals surface area contributed by atoms with Crippen LogP contribution in [0.5, 0.6) is 5.75 Å². The fourth-order valence-corrected chi connectivity index (χ4v) is 1.30. The number of halogens is 4. The zero-order valence-corrected chi connectivity index (χ0v) is 9.07. The fraction of sp³-hybridized carbons (Fsp3) is 0.222. The van der Waals surface area contributed by atoms with E-state index in [1.807, 2.05) is 0 Å². The predicted octanol–water partition coefficient (Wildman–Crippen LogP) is 2.96. The van der Waals surface area contributed by atoms with Gasteiger partial charge in [-0.15, -0.1) is 0 Å². The summed E-state index contributed by atoms with van der Waals surface area (Å²) in [6.45, 7) is 0. The summed E-state index contributed by atoms with van der Waals surface area (Å²) in [4.78, 5) is 9.96. The SMILES string of the molecule is COc1c(F)cc(F)cc1C(=O)C(Cl)Cl. The Morgan fingerprint density at radius 1 is 1.40 bits per heavy atom. The van der Waals surface area contributed by atoms with Crippen LogP contribution in [0, 0.1) is 11.6 Å². The van der Waals surface area contributed by atoms with Gasteiger partial charge in [-0.3, -0.25) is 4.79 Å². The number of Topliss-reactive ketones (excluding diaryl/α,β-unsaturated/α-hetero) is 1. The van der Waals surface area contributed by atoms with Gasteiger partial charge < -0.3 is 4.74 Å². The van der Waals surface area contributed by atoms with Crippen molar-refractivity contribution in [3.63, 3.8) is 0 Å². The first kappa shape index (κ1) is 12.2. The van der Waals surface area contributed by atoms with Crippen LogP contribution in [0.4, 0.5) is 8.78 Å². The molecule has 0 aromatic heterocycles. The molecule has 0 atom stereocenters. The Balaban J connectivity index is 3.32. The molecule has 82 valence electrons. The molecule has 0 radical (unpaired) electrons. The van der Waals surface area contributed by atoms with E-state index in [0.717, 1.165) is 13.2 Å². The number of carbonyl (C=O) groups is 1. The highest BCUT2D eigenvalue weighted by molar-refractivity contribution is 6.55. The summed E-state index contributed by atoms with van der Waals surface area (Å²) in [5, 5.41) is 0. The van der Waals surface area contributed by atoms with Gasteiger partial charge in [0.05, 0.1) is 12.7 Å². The van der Waals surface area contributed by atoms with Crippen molar-refractivity contribution in [3.8, 4) is 5.75 Å². The fourth-order valence-electron chi connectivity index (χ4n) is 1.07. The highest BCUT2D eigenvalue weighted by Crippen LogP contribution is 2.26. The summed E-state index contributed by atoms with van der Waals surface area (Å²) in [6, 6.07) is 1.43. The van der Waals surface area contributed by atoms with Gasteiger partial charge in [0.15, 0.2) is 22.2 Å². The Bertz CT molecular complexity index is 394. The van der Waals surface area contributed by atoms with Crippen LogP contribution in [0.2, 0.25) is 0 Å². The van der Waals surface area contributed by atoms with Gasteiger partial charge in [-0.05, 0) is 6.07 Å². The first-order valence-corrected chi connectivity index (χ1v) is 4.70. The number of hydrogen-bond donors (Lipinski definition) is 0. The molecule has 0 N–H and O–H groups in total. The predicted molar refractivity (Wildman–Crippen MR) is 52.7 cm³/mol. The van der Waals surface area contributed by atoms with E-state index in [-0.39, 0.29) is 11.3 Å². The Labute approximate surface area is 94.7 Å². The molecule has 0 aliphatic carbocycles. The second-order valence-electron chi connectivity index (χ2n) is 2.63. The molecule has 0 spiro atoms. The number of hydrogen-bond acceptors (Lipinski definition) is 2. The van der Waals surface area contributed by atoms with E-state index in [4.69, 9.17) is 23.2 Å².